The minimum absolute atomic E-state index is 0.0345. The molecule has 1 aliphatic rings. The molecule has 1 heterocycles. The molecular weight excluding hydrogens is 524 g/mol. The molecule has 1 aliphatic heterocycles. The monoisotopic (exact) mass is 572 g/mol. The molecule has 0 unspecified atom stereocenters. The van der Waals surface area contributed by atoms with Crippen molar-refractivity contribution in [2.45, 2.75) is 45.4 Å². The summed E-state index contributed by atoms with van der Waals surface area (Å²) in [7, 11) is 0. The molecule has 230 valence electrons. The van der Waals surface area contributed by atoms with Crippen LogP contribution in [0.3, 0.4) is 0 Å². The van der Waals surface area contributed by atoms with Crippen molar-refractivity contribution in [2.24, 2.45) is 0 Å². The Labute approximate surface area is 236 Å². The molecule has 1 rings (SSSR count). The van der Waals surface area contributed by atoms with Crippen molar-refractivity contribution in [3.8, 4) is 0 Å². The molecule has 0 radical (unpaired) electrons. The molecule has 0 saturated carbocycles. The zero-order valence-electron chi connectivity index (χ0n) is 23.8. The third-order valence-electron chi connectivity index (χ3n) is 6.63. The summed E-state index contributed by atoms with van der Waals surface area (Å²) in [5.74, 6) is -3.28. The lowest BCUT2D eigenvalue weighted by Gasteiger charge is -2.32. The van der Waals surface area contributed by atoms with E-state index >= 15 is 0 Å². The molecule has 40 heavy (non-hydrogen) atoms. The van der Waals surface area contributed by atoms with Crippen LogP contribution in [0.25, 0.3) is 0 Å². The summed E-state index contributed by atoms with van der Waals surface area (Å²) in [6.45, 7) is 5.25. The first-order valence-electron chi connectivity index (χ1n) is 14.2. The number of carbonyl (C=O) groups is 5. The van der Waals surface area contributed by atoms with Gasteiger partial charge >= 0.3 is 17.9 Å². The lowest BCUT2D eigenvalue weighted by molar-refractivity contribution is -0.140. The minimum atomic E-state index is -1.01. The van der Waals surface area contributed by atoms with E-state index in [1.54, 1.807) is 14.7 Å². The van der Waals surface area contributed by atoms with Crippen molar-refractivity contribution in [1.82, 2.24) is 30.2 Å². The Bertz CT molecular complexity index is 767. The summed E-state index contributed by atoms with van der Waals surface area (Å²) in [5.41, 5.74) is 0. The first-order chi connectivity index (χ1) is 19.1. The average molecular weight is 573 g/mol. The van der Waals surface area contributed by atoms with Crippen molar-refractivity contribution in [2.75, 3.05) is 91.6 Å². The summed E-state index contributed by atoms with van der Waals surface area (Å²) in [6.07, 6.45) is 5.18. The molecule has 0 aliphatic carbocycles. The van der Waals surface area contributed by atoms with Crippen molar-refractivity contribution in [3.63, 3.8) is 0 Å². The maximum absolute atomic E-state index is 12.6. The van der Waals surface area contributed by atoms with E-state index in [1.807, 2.05) is 4.90 Å². The van der Waals surface area contributed by atoms with Gasteiger partial charge in [-0.2, -0.15) is 0 Å². The highest BCUT2D eigenvalue weighted by atomic mass is 16.4. The molecule has 0 bridgehead atoms. The number of amides is 2. The van der Waals surface area contributed by atoms with Crippen LogP contribution in [0.4, 0.5) is 0 Å². The Morgan fingerprint density at radius 2 is 0.900 bits per heavy atom. The Balaban J connectivity index is 2.66. The predicted molar refractivity (Wildman–Crippen MR) is 148 cm³/mol. The van der Waals surface area contributed by atoms with E-state index in [-0.39, 0.29) is 38.0 Å². The normalized spacial score (nSPS) is 16.9. The summed E-state index contributed by atoms with van der Waals surface area (Å²) in [6, 6.07) is 0. The first kappa shape index (κ1) is 35.2. The van der Waals surface area contributed by atoms with Gasteiger partial charge in [0.2, 0.25) is 11.8 Å². The average Bonchev–Trinajstić information content (AvgIpc) is 2.87. The van der Waals surface area contributed by atoms with Gasteiger partial charge in [-0.3, -0.25) is 43.6 Å². The zero-order chi connectivity index (χ0) is 29.8. The molecule has 0 aromatic carbocycles. The van der Waals surface area contributed by atoms with Crippen LogP contribution < -0.4 is 10.6 Å². The second-order valence-corrected chi connectivity index (χ2v) is 10.1. The van der Waals surface area contributed by atoms with Crippen LogP contribution in [-0.4, -0.2) is 156 Å². The number of hydrogen-bond acceptors (Lipinski definition) is 9. The van der Waals surface area contributed by atoms with Gasteiger partial charge in [0.05, 0.1) is 26.2 Å². The van der Waals surface area contributed by atoms with E-state index in [9.17, 15) is 39.3 Å². The van der Waals surface area contributed by atoms with Crippen LogP contribution in [0.5, 0.6) is 0 Å². The number of hydrogen-bond donors (Lipinski definition) is 5. The highest BCUT2D eigenvalue weighted by Crippen LogP contribution is 2.02. The number of carboxylic acids is 3. The van der Waals surface area contributed by atoms with Gasteiger partial charge in [0, 0.05) is 71.9 Å². The number of carbonyl (C=O) groups excluding carboxylic acids is 2. The second-order valence-electron chi connectivity index (χ2n) is 10.1. The van der Waals surface area contributed by atoms with Gasteiger partial charge in [0.15, 0.2) is 0 Å². The fourth-order valence-electron chi connectivity index (χ4n) is 4.39. The van der Waals surface area contributed by atoms with Gasteiger partial charge in [-0.25, -0.2) is 0 Å². The van der Waals surface area contributed by atoms with Crippen molar-refractivity contribution in [3.05, 3.63) is 0 Å². The Hall–Kier alpha value is -2.81. The number of nitrogens with zero attached hydrogens (tertiary/aromatic N) is 4. The Morgan fingerprint density at radius 3 is 1.30 bits per heavy atom. The smallest absolute Gasteiger partial charge is 0.317 e. The molecule has 0 aromatic rings. The largest absolute Gasteiger partial charge is 0.480 e. The quantitative estimate of drug-likeness (QED) is 0.135. The third-order valence-corrected chi connectivity index (χ3v) is 6.63. The standard InChI is InChI=1S/C26H48N6O8/c1-2-3-4-5-8-27-22(33)7-6-9-28-23(34)18-29-10-12-30(19-24(35)36)14-16-32(21-26(39)40)17-15-31(13-11-29)20-25(37)38/h2-21H2,1H3,(H,27,33)(H,28,34)(H,35,36)(H,37,38)(H,39,40). The zero-order valence-corrected chi connectivity index (χ0v) is 23.8. The highest BCUT2D eigenvalue weighted by molar-refractivity contribution is 5.78. The summed E-state index contributed by atoms with van der Waals surface area (Å²) in [4.78, 5) is 65.6. The van der Waals surface area contributed by atoms with Gasteiger partial charge in [-0.15, -0.1) is 0 Å². The predicted octanol–water partition coefficient (Wildman–Crippen LogP) is -0.945. The molecule has 14 heteroatoms. The highest BCUT2D eigenvalue weighted by Gasteiger charge is 2.21. The summed E-state index contributed by atoms with van der Waals surface area (Å²) < 4.78 is 0. The van der Waals surface area contributed by atoms with Crippen LogP contribution in [0.1, 0.15) is 45.4 Å². The lowest BCUT2D eigenvalue weighted by atomic mass is 10.2. The SMILES string of the molecule is CCCCCCNC(=O)CCCNC(=O)CN1CCN(CC(=O)O)CCN(CC(=O)O)CCN(CC(=O)O)CC1. The lowest BCUT2D eigenvalue weighted by Crippen LogP contribution is -2.49. The maximum atomic E-state index is 12.6. The molecule has 0 atom stereocenters. The topological polar surface area (TPSA) is 183 Å². The minimum Gasteiger partial charge on any atom is -0.480 e. The molecule has 14 nitrogen and oxygen atoms in total. The molecule has 0 aromatic heterocycles. The number of carboxylic acid groups (broad SMARTS) is 3. The molecule has 2 amide bonds. The van der Waals surface area contributed by atoms with Crippen LogP contribution in [0, 0.1) is 0 Å². The van der Waals surface area contributed by atoms with Crippen LogP contribution in [0.2, 0.25) is 0 Å². The molecule has 5 N–H and O–H groups in total. The molecule has 1 saturated heterocycles. The van der Waals surface area contributed by atoms with Crippen molar-refractivity contribution < 1.29 is 39.3 Å². The van der Waals surface area contributed by atoms with Gasteiger partial charge in [-0.1, -0.05) is 26.2 Å². The number of unbranched alkanes of at least 4 members (excludes halogenated alkanes) is 3. The van der Waals surface area contributed by atoms with Gasteiger partial charge < -0.3 is 26.0 Å². The van der Waals surface area contributed by atoms with E-state index in [1.165, 1.54) is 0 Å². The van der Waals surface area contributed by atoms with E-state index in [4.69, 9.17) is 0 Å². The molecular formula is C26H48N6O8. The Kier molecular flexibility index (Phi) is 18.5. The molecule has 0 spiro atoms. The number of nitrogens with one attached hydrogen (secondary N) is 2. The van der Waals surface area contributed by atoms with Crippen molar-refractivity contribution >= 4 is 29.7 Å². The number of rotatable bonds is 17. The maximum Gasteiger partial charge on any atom is 0.317 e. The van der Waals surface area contributed by atoms with Crippen LogP contribution in [-0.2, 0) is 24.0 Å². The van der Waals surface area contributed by atoms with Crippen LogP contribution >= 0.6 is 0 Å². The van der Waals surface area contributed by atoms with E-state index in [2.05, 4.69) is 17.6 Å². The van der Waals surface area contributed by atoms with Crippen LogP contribution in [0.15, 0.2) is 0 Å². The Morgan fingerprint density at radius 1 is 0.525 bits per heavy atom. The fourth-order valence-corrected chi connectivity index (χ4v) is 4.39. The molecule has 1 fully saturated rings. The second kappa shape index (κ2) is 21.0. The third kappa shape index (κ3) is 18.5. The summed E-state index contributed by atoms with van der Waals surface area (Å²) >= 11 is 0. The first-order valence-corrected chi connectivity index (χ1v) is 14.2. The fraction of sp³-hybridized carbons (Fsp3) is 0.808. The summed E-state index contributed by atoms with van der Waals surface area (Å²) in [5, 5.41) is 33.6. The van der Waals surface area contributed by atoms with Crippen molar-refractivity contribution in [1.29, 1.82) is 0 Å². The van der Waals surface area contributed by atoms with E-state index in [0.29, 0.717) is 78.3 Å². The van der Waals surface area contributed by atoms with E-state index in [0.717, 1.165) is 25.7 Å². The van der Waals surface area contributed by atoms with E-state index < -0.39 is 17.9 Å². The van der Waals surface area contributed by atoms with Gasteiger partial charge in [0.1, 0.15) is 0 Å². The number of aliphatic carboxylic acids is 3. The van der Waals surface area contributed by atoms with Gasteiger partial charge in [-0.05, 0) is 12.8 Å². The van der Waals surface area contributed by atoms with Gasteiger partial charge in [0.25, 0.3) is 0 Å².